The number of para-hydroxylation sites is 1. The van der Waals surface area contributed by atoms with Gasteiger partial charge in [0.2, 0.25) is 0 Å². The molecule has 136 valence electrons. The molecule has 0 saturated carbocycles. The molecular weight excluding hydrogens is 336 g/mol. The molecular formula is C22H22N4O. The van der Waals surface area contributed by atoms with Crippen molar-refractivity contribution in [1.29, 1.82) is 0 Å². The van der Waals surface area contributed by atoms with Crippen LogP contribution in [0.4, 0.5) is 5.82 Å². The highest BCUT2D eigenvalue weighted by Gasteiger charge is 2.06. The summed E-state index contributed by atoms with van der Waals surface area (Å²) in [5.41, 5.74) is 4.44. The van der Waals surface area contributed by atoms with Gasteiger partial charge in [0.25, 0.3) is 0 Å². The standard InChI is InChI=1S/C22H22N4O/c1-2-27-20-8-4-3-6-17(20)14-25-21-10-9-16(13-24-21)12-18-15-26-22-19(18)7-5-11-23-22/h3-11,13,15H,2,12,14H2,1H3,(H,23,26)(H,24,25). The highest BCUT2D eigenvalue weighted by molar-refractivity contribution is 5.79. The smallest absolute Gasteiger partial charge is 0.137 e. The first-order valence-electron chi connectivity index (χ1n) is 9.14. The van der Waals surface area contributed by atoms with E-state index in [9.17, 15) is 0 Å². The molecule has 0 fully saturated rings. The Kier molecular flexibility index (Phi) is 5.01. The van der Waals surface area contributed by atoms with E-state index in [-0.39, 0.29) is 0 Å². The number of anilines is 1. The van der Waals surface area contributed by atoms with E-state index in [0.717, 1.165) is 34.6 Å². The Morgan fingerprint density at radius 3 is 2.78 bits per heavy atom. The number of hydrogen-bond acceptors (Lipinski definition) is 4. The minimum atomic E-state index is 0.660. The maximum atomic E-state index is 5.67. The SMILES string of the molecule is CCOc1ccccc1CNc1ccc(Cc2c[nH]c3ncccc23)cn1. The Morgan fingerprint density at radius 2 is 1.93 bits per heavy atom. The van der Waals surface area contributed by atoms with Gasteiger partial charge in [-0.2, -0.15) is 0 Å². The van der Waals surface area contributed by atoms with Crippen molar-refractivity contribution < 1.29 is 4.74 Å². The summed E-state index contributed by atoms with van der Waals surface area (Å²) in [7, 11) is 0. The van der Waals surface area contributed by atoms with E-state index in [0.29, 0.717) is 13.2 Å². The van der Waals surface area contributed by atoms with Gasteiger partial charge in [0, 0.05) is 42.5 Å². The number of pyridine rings is 2. The van der Waals surface area contributed by atoms with Gasteiger partial charge in [0.05, 0.1) is 6.61 Å². The Balaban J connectivity index is 1.42. The maximum absolute atomic E-state index is 5.67. The molecule has 0 aliphatic rings. The van der Waals surface area contributed by atoms with Gasteiger partial charge in [0.1, 0.15) is 17.2 Å². The number of nitrogens with one attached hydrogen (secondary N) is 2. The molecule has 27 heavy (non-hydrogen) atoms. The van der Waals surface area contributed by atoms with E-state index in [1.165, 1.54) is 11.1 Å². The second-order valence-corrected chi connectivity index (χ2v) is 6.34. The lowest BCUT2D eigenvalue weighted by Crippen LogP contribution is -2.04. The van der Waals surface area contributed by atoms with Gasteiger partial charge in [-0.3, -0.25) is 0 Å². The number of aromatic nitrogens is 3. The molecule has 2 N–H and O–H groups in total. The fourth-order valence-corrected chi connectivity index (χ4v) is 3.14. The molecule has 0 radical (unpaired) electrons. The zero-order valence-corrected chi connectivity index (χ0v) is 15.3. The van der Waals surface area contributed by atoms with Crippen LogP contribution in [-0.4, -0.2) is 21.6 Å². The summed E-state index contributed by atoms with van der Waals surface area (Å²) in [6.45, 7) is 3.33. The second-order valence-electron chi connectivity index (χ2n) is 6.34. The third-order valence-corrected chi connectivity index (χ3v) is 4.49. The molecule has 3 heterocycles. The van der Waals surface area contributed by atoms with Crippen molar-refractivity contribution >= 4 is 16.9 Å². The highest BCUT2D eigenvalue weighted by Crippen LogP contribution is 2.21. The number of benzene rings is 1. The molecule has 0 aliphatic heterocycles. The quantitative estimate of drug-likeness (QED) is 0.508. The molecule has 4 aromatic rings. The van der Waals surface area contributed by atoms with E-state index in [4.69, 9.17) is 4.74 Å². The predicted molar refractivity (Wildman–Crippen MR) is 108 cm³/mol. The molecule has 0 atom stereocenters. The minimum absolute atomic E-state index is 0.660. The van der Waals surface area contributed by atoms with Crippen LogP contribution in [0.5, 0.6) is 5.75 Å². The number of hydrogen-bond donors (Lipinski definition) is 2. The summed E-state index contributed by atoms with van der Waals surface area (Å²) in [6.07, 6.45) is 6.57. The largest absolute Gasteiger partial charge is 0.494 e. The Hall–Kier alpha value is -3.34. The Bertz CT molecular complexity index is 1020. The van der Waals surface area contributed by atoms with Crippen molar-refractivity contribution in [1.82, 2.24) is 15.0 Å². The van der Waals surface area contributed by atoms with Gasteiger partial charge in [-0.05, 0) is 42.3 Å². The molecule has 0 bridgehead atoms. The van der Waals surface area contributed by atoms with Crippen LogP contribution < -0.4 is 10.1 Å². The lowest BCUT2D eigenvalue weighted by molar-refractivity contribution is 0.337. The summed E-state index contributed by atoms with van der Waals surface area (Å²) < 4.78 is 5.67. The van der Waals surface area contributed by atoms with Crippen molar-refractivity contribution in [2.45, 2.75) is 19.9 Å². The van der Waals surface area contributed by atoms with Crippen molar-refractivity contribution in [2.24, 2.45) is 0 Å². The molecule has 5 heteroatoms. The minimum Gasteiger partial charge on any atom is -0.494 e. The molecule has 0 amide bonds. The average molecular weight is 358 g/mol. The normalized spacial score (nSPS) is 10.9. The van der Waals surface area contributed by atoms with Crippen LogP contribution in [0.2, 0.25) is 0 Å². The number of fused-ring (bicyclic) bond motifs is 1. The first-order chi connectivity index (χ1) is 13.3. The molecule has 0 saturated heterocycles. The van der Waals surface area contributed by atoms with Crippen LogP contribution in [0.3, 0.4) is 0 Å². The average Bonchev–Trinajstić information content (AvgIpc) is 3.12. The highest BCUT2D eigenvalue weighted by atomic mass is 16.5. The van der Waals surface area contributed by atoms with Crippen LogP contribution in [0.25, 0.3) is 11.0 Å². The number of ether oxygens (including phenoxy) is 1. The predicted octanol–water partition coefficient (Wildman–Crippen LogP) is 4.56. The fourth-order valence-electron chi connectivity index (χ4n) is 3.14. The van der Waals surface area contributed by atoms with E-state index < -0.39 is 0 Å². The van der Waals surface area contributed by atoms with E-state index >= 15 is 0 Å². The van der Waals surface area contributed by atoms with E-state index in [1.54, 1.807) is 6.20 Å². The molecule has 4 rings (SSSR count). The Morgan fingerprint density at radius 1 is 1.00 bits per heavy atom. The van der Waals surface area contributed by atoms with Gasteiger partial charge < -0.3 is 15.0 Å². The molecule has 0 unspecified atom stereocenters. The zero-order chi connectivity index (χ0) is 18.5. The van der Waals surface area contributed by atoms with Crippen LogP contribution in [0.15, 0.2) is 67.1 Å². The van der Waals surface area contributed by atoms with Gasteiger partial charge in [-0.15, -0.1) is 0 Å². The lowest BCUT2D eigenvalue weighted by Gasteiger charge is -2.11. The first-order valence-corrected chi connectivity index (χ1v) is 9.14. The van der Waals surface area contributed by atoms with Crippen molar-refractivity contribution in [3.8, 4) is 5.75 Å². The maximum Gasteiger partial charge on any atom is 0.137 e. The van der Waals surface area contributed by atoms with Crippen LogP contribution in [0, 0.1) is 0 Å². The van der Waals surface area contributed by atoms with Crippen LogP contribution in [-0.2, 0) is 13.0 Å². The van der Waals surface area contributed by atoms with Gasteiger partial charge in [-0.25, -0.2) is 9.97 Å². The third-order valence-electron chi connectivity index (χ3n) is 4.49. The van der Waals surface area contributed by atoms with Crippen molar-refractivity contribution in [2.75, 3.05) is 11.9 Å². The number of nitrogens with zero attached hydrogens (tertiary/aromatic N) is 2. The van der Waals surface area contributed by atoms with Crippen molar-refractivity contribution in [3.63, 3.8) is 0 Å². The van der Waals surface area contributed by atoms with Crippen LogP contribution in [0.1, 0.15) is 23.6 Å². The number of H-pyrrole nitrogens is 1. The molecule has 0 aliphatic carbocycles. The zero-order valence-electron chi connectivity index (χ0n) is 15.3. The summed E-state index contributed by atoms with van der Waals surface area (Å²) in [6, 6.07) is 16.3. The molecule has 1 aromatic carbocycles. The van der Waals surface area contributed by atoms with Gasteiger partial charge in [-0.1, -0.05) is 24.3 Å². The van der Waals surface area contributed by atoms with Crippen molar-refractivity contribution in [3.05, 3.63) is 83.8 Å². The summed E-state index contributed by atoms with van der Waals surface area (Å²) in [5, 5.41) is 4.53. The van der Waals surface area contributed by atoms with Gasteiger partial charge in [0.15, 0.2) is 0 Å². The number of rotatable bonds is 7. The second kappa shape index (κ2) is 7.91. The Labute approximate surface area is 158 Å². The lowest BCUT2D eigenvalue weighted by atomic mass is 10.1. The summed E-state index contributed by atoms with van der Waals surface area (Å²) in [5.74, 6) is 1.77. The number of aromatic amines is 1. The van der Waals surface area contributed by atoms with Crippen LogP contribution >= 0.6 is 0 Å². The summed E-state index contributed by atoms with van der Waals surface area (Å²) in [4.78, 5) is 12.1. The summed E-state index contributed by atoms with van der Waals surface area (Å²) >= 11 is 0. The molecule has 3 aromatic heterocycles. The molecule has 0 spiro atoms. The van der Waals surface area contributed by atoms with E-state index in [1.807, 2.05) is 49.6 Å². The monoisotopic (exact) mass is 358 g/mol. The van der Waals surface area contributed by atoms with E-state index in [2.05, 4.69) is 38.5 Å². The third kappa shape index (κ3) is 3.92. The molecule has 5 nitrogen and oxygen atoms in total. The first kappa shape index (κ1) is 17.1. The van der Waals surface area contributed by atoms with Gasteiger partial charge >= 0.3 is 0 Å². The fraction of sp³-hybridized carbons (Fsp3) is 0.182. The topological polar surface area (TPSA) is 62.8 Å².